The van der Waals surface area contributed by atoms with Gasteiger partial charge in [0.25, 0.3) is 5.56 Å². The number of rotatable bonds is 4. The Morgan fingerprint density at radius 3 is 2.62 bits per heavy atom. The van der Waals surface area contributed by atoms with Crippen molar-refractivity contribution >= 4 is 0 Å². The second-order valence-corrected chi connectivity index (χ2v) is 4.08. The van der Waals surface area contributed by atoms with E-state index in [1.54, 1.807) is 4.98 Å². The highest BCUT2D eigenvalue weighted by Crippen LogP contribution is 2.10. The van der Waals surface area contributed by atoms with Gasteiger partial charge in [0.1, 0.15) is 0 Å². The average Bonchev–Trinajstić information content (AvgIpc) is 2.19. The quantitative estimate of drug-likeness (QED) is 0.804. The third kappa shape index (κ3) is 2.71. The second kappa shape index (κ2) is 4.96. The topological polar surface area (TPSA) is 75.1 Å². The maximum Gasteiger partial charge on any atom is 0.331 e. The van der Waals surface area contributed by atoms with Gasteiger partial charge in [-0.15, -0.1) is 0 Å². The van der Waals surface area contributed by atoms with Crippen LogP contribution in [0.2, 0.25) is 0 Å². The van der Waals surface area contributed by atoms with Crippen molar-refractivity contribution in [3.63, 3.8) is 0 Å². The minimum absolute atomic E-state index is 0.191. The van der Waals surface area contributed by atoms with Crippen molar-refractivity contribution in [3.8, 4) is 5.88 Å². The van der Waals surface area contributed by atoms with Crippen molar-refractivity contribution in [2.24, 2.45) is 5.92 Å². The number of aromatic amines is 1. The molecule has 0 spiro atoms. The van der Waals surface area contributed by atoms with E-state index in [4.69, 9.17) is 0 Å². The molecule has 0 aliphatic heterocycles. The van der Waals surface area contributed by atoms with Gasteiger partial charge in [-0.05, 0) is 18.8 Å². The van der Waals surface area contributed by atoms with E-state index >= 15 is 0 Å². The molecule has 1 heterocycles. The van der Waals surface area contributed by atoms with E-state index in [0.717, 1.165) is 11.0 Å². The first-order chi connectivity index (χ1) is 7.43. The molecule has 6 heteroatoms. The zero-order chi connectivity index (χ0) is 12.3. The Kier molecular flexibility index (Phi) is 3.87. The first-order valence-corrected chi connectivity index (χ1v) is 5.15. The lowest BCUT2D eigenvalue weighted by molar-refractivity contribution is 0.352. The summed E-state index contributed by atoms with van der Waals surface area (Å²) in [5, 5.41) is 9.29. The summed E-state index contributed by atoms with van der Waals surface area (Å²) in [7, 11) is 0. The van der Waals surface area contributed by atoms with Crippen LogP contribution in [0.4, 0.5) is 4.39 Å². The Balaban J connectivity index is 2.93. The molecule has 0 atom stereocenters. The molecule has 2 N–H and O–H groups in total. The van der Waals surface area contributed by atoms with Crippen molar-refractivity contribution in [1.29, 1.82) is 0 Å². The highest BCUT2D eigenvalue weighted by atomic mass is 19.1. The third-order valence-corrected chi connectivity index (χ3v) is 2.28. The molecule has 0 amide bonds. The van der Waals surface area contributed by atoms with Gasteiger partial charge in [-0.25, -0.2) is 4.79 Å². The minimum atomic E-state index is -1.32. The predicted octanol–water partition coefficient (Wildman–Crippen LogP) is 0.817. The fraction of sp³-hybridized carbons (Fsp3) is 0.600. The molecule has 0 bridgehead atoms. The SMILES string of the molecule is CC(C)CCCn1c(O)c(F)c(=O)[nH]c1=O. The van der Waals surface area contributed by atoms with Crippen molar-refractivity contribution in [3.05, 3.63) is 26.7 Å². The molecule has 0 radical (unpaired) electrons. The van der Waals surface area contributed by atoms with Crippen LogP contribution in [0.5, 0.6) is 5.88 Å². The molecule has 1 aromatic rings. The summed E-state index contributed by atoms with van der Waals surface area (Å²) >= 11 is 0. The highest BCUT2D eigenvalue weighted by molar-refractivity contribution is 5.09. The van der Waals surface area contributed by atoms with Crippen LogP contribution >= 0.6 is 0 Å². The molecule has 0 saturated carbocycles. The fourth-order valence-electron chi connectivity index (χ4n) is 1.40. The Labute approximate surface area is 91.6 Å². The first-order valence-electron chi connectivity index (χ1n) is 5.15. The van der Waals surface area contributed by atoms with Crippen molar-refractivity contribution in [2.75, 3.05) is 0 Å². The molecule has 1 rings (SSSR count). The van der Waals surface area contributed by atoms with Gasteiger partial charge in [0, 0.05) is 6.54 Å². The summed E-state index contributed by atoms with van der Waals surface area (Å²) in [5.41, 5.74) is -1.98. The smallest absolute Gasteiger partial charge is 0.331 e. The number of nitrogens with one attached hydrogen (secondary N) is 1. The van der Waals surface area contributed by atoms with Crippen LogP contribution in [-0.4, -0.2) is 14.7 Å². The lowest BCUT2D eigenvalue weighted by atomic mass is 10.1. The van der Waals surface area contributed by atoms with Crippen molar-refractivity contribution in [1.82, 2.24) is 9.55 Å². The molecule has 0 aliphatic rings. The summed E-state index contributed by atoms with van der Waals surface area (Å²) in [6.45, 7) is 4.24. The summed E-state index contributed by atoms with van der Waals surface area (Å²) in [5.74, 6) is -1.74. The van der Waals surface area contributed by atoms with Gasteiger partial charge in [-0.1, -0.05) is 13.8 Å². The molecule has 1 aromatic heterocycles. The maximum absolute atomic E-state index is 13.0. The van der Waals surface area contributed by atoms with E-state index in [1.807, 2.05) is 13.8 Å². The fourth-order valence-corrected chi connectivity index (χ4v) is 1.40. The van der Waals surface area contributed by atoms with Crippen LogP contribution in [0.15, 0.2) is 9.59 Å². The van der Waals surface area contributed by atoms with Gasteiger partial charge in [-0.2, -0.15) is 4.39 Å². The van der Waals surface area contributed by atoms with Crippen LogP contribution in [0.25, 0.3) is 0 Å². The number of aromatic hydroxyl groups is 1. The summed E-state index contributed by atoms with van der Waals surface area (Å²) in [6.07, 6.45) is 1.49. The molecule has 16 heavy (non-hydrogen) atoms. The summed E-state index contributed by atoms with van der Waals surface area (Å²) in [6, 6.07) is 0. The van der Waals surface area contributed by atoms with E-state index in [2.05, 4.69) is 0 Å². The van der Waals surface area contributed by atoms with Gasteiger partial charge < -0.3 is 5.11 Å². The monoisotopic (exact) mass is 230 g/mol. The normalized spacial score (nSPS) is 11.0. The standard InChI is InChI=1S/C10H15FN2O3/c1-6(2)4-3-5-13-9(15)7(11)8(14)12-10(13)16/h6,15H,3-5H2,1-2H3,(H,12,14,16). The first kappa shape index (κ1) is 12.5. The third-order valence-electron chi connectivity index (χ3n) is 2.28. The highest BCUT2D eigenvalue weighted by Gasteiger charge is 2.13. The lowest BCUT2D eigenvalue weighted by Crippen LogP contribution is -2.32. The zero-order valence-corrected chi connectivity index (χ0v) is 9.29. The number of aromatic nitrogens is 2. The molecule has 0 unspecified atom stereocenters. The van der Waals surface area contributed by atoms with Gasteiger partial charge in [0.15, 0.2) is 0 Å². The molecule has 0 aliphatic carbocycles. The Hall–Kier alpha value is -1.59. The van der Waals surface area contributed by atoms with Crippen LogP contribution < -0.4 is 11.2 Å². The summed E-state index contributed by atoms with van der Waals surface area (Å²) < 4.78 is 13.8. The lowest BCUT2D eigenvalue weighted by Gasteiger charge is -2.08. The van der Waals surface area contributed by atoms with Gasteiger partial charge in [0.2, 0.25) is 11.7 Å². The second-order valence-electron chi connectivity index (χ2n) is 4.08. The van der Waals surface area contributed by atoms with Crippen molar-refractivity contribution in [2.45, 2.75) is 33.2 Å². The number of halogens is 1. The van der Waals surface area contributed by atoms with E-state index in [9.17, 15) is 19.1 Å². The molecule has 0 fully saturated rings. The average molecular weight is 230 g/mol. The predicted molar refractivity (Wildman–Crippen MR) is 57.0 cm³/mol. The van der Waals surface area contributed by atoms with E-state index in [0.29, 0.717) is 12.3 Å². The van der Waals surface area contributed by atoms with Gasteiger partial charge >= 0.3 is 5.69 Å². The number of hydrogen-bond donors (Lipinski definition) is 2. The van der Waals surface area contributed by atoms with Gasteiger partial charge in [0.05, 0.1) is 0 Å². The number of H-pyrrole nitrogens is 1. The van der Waals surface area contributed by atoms with Gasteiger partial charge in [-0.3, -0.25) is 14.3 Å². The van der Waals surface area contributed by atoms with Crippen LogP contribution in [0.3, 0.4) is 0 Å². The van der Waals surface area contributed by atoms with Crippen LogP contribution in [0, 0.1) is 11.7 Å². The zero-order valence-electron chi connectivity index (χ0n) is 9.29. The summed E-state index contributed by atoms with van der Waals surface area (Å²) in [4.78, 5) is 23.9. The van der Waals surface area contributed by atoms with Crippen molar-refractivity contribution < 1.29 is 9.50 Å². The molecule has 90 valence electrons. The molecular formula is C10H15FN2O3. The van der Waals surface area contributed by atoms with Crippen LogP contribution in [-0.2, 0) is 6.54 Å². The molecule has 5 nitrogen and oxygen atoms in total. The number of hydrogen-bond acceptors (Lipinski definition) is 3. The number of nitrogens with zero attached hydrogens (tertiary/aromatic N) is 1. The Morgan fingerprint density at radius 2 is 2.06 bits per heavy atom. The Morgan fingerprint density at radius 1 is 1.44 bits per heavy atom. The maximum atomic E-state index is 13.0. The molecule has 0 saturated heterocycles. The largest absolute Gasteiger partial charge is 0.492 e. The van der Waals surface area contributed by atoms with Crippen LogP contribution in [0.1, 0.15) is 26.7 Å². The van der Waals surface area contributed by atoms with E-state index in [1.165, 1.54) is 0 Å². The molecule has 0 aromatic carbocycles. The van der Waals surface area contributed by atoms with E-state index < -0.39 is 22.9 Å². The van der Waals surface area contributed by atoms with E-state index in [-0.39, 0.29) is 6.54 Å². The minimum Gasteiger partial charge on any atom is -0.492 e. The Bertz CT molecular complexity index is 476. The molecular weight excluding hydrogens is 215 g/mol.